The first kappa shape index (κ1) is 11.5. The number of hydrogen-bond acceptors (Lipinski definition) is 3. The molecule has 0 aliphatic rings. The first-order chi connectivity index (χ1) is 7.74. The van der Waals surface area contributed by atoms with Crippen LogP contribution in [0.25, 0.3) is 0 Å². The average molecular weight is 301 g/mol. The molecule has 1 heterocycles. The predicted octanol–water partition coefficient (Wildman–Crippen LogP) is 3.70. The third kappa shape index (κ3) is 3.28. The highest BCUT2D eigenvalue weighted by Gasteiger charge is 1.98. The van der Waals surface area contributed by atoms with Crippen LogP contribution in [-0.4, -0.2) is 11.5 Å². The Balaban J connectivity index is 1.82. The molecule has 5 heteroatoms. The molecule has 1 aromatic heterocycles. The Labute approximate surface area is 106 Å². The van der Waals surface area contributed by atoms with Crippen molar-refractivity contribution in [2.24, 2.45) is 0 Å². The zero-order chi connectivity index (χ0) is 11.4. The van der Waals surface area contributed by atoms with Gasteiger partial charge >= 0.3 is 0 Å². The van der Waals surface area contributed by atoms with E-state index in [0.717, 1.165) is 28.3 Å². The van der Waals surface area contributed by atoms with Crippen molar-refractivity contribution < 1.29 is 4.39 Å². The van der Waals surface area contributed by atoms with Gasteiger partial charge in [-0.25, -0.2) is 9.37 Å². The van der Waals surface area contributed by atoms with Crippen LogP contribution in [0.2, 0.25) is 0 Å². The molecule has 2 rings (SSSR count). The number of nitrogens with zero attached hydrogens (tertiary/aromatic N) is 1. The van der Waals surface area contributed by atoms with E-state index in [1.165, 1.54) is 12.1 Å². The summed E-state index contributed by atoms with van der Waals surface area (Å²) in [5, 5.41) is 6.04. The number of nitrogens with one attached hydrogen (secondary N) is 1. The third-order valence-corrected chi connectivity index (χ3v) is 3.59. The molecular formula is C11H10BrFN2S. The van der Waals surface area contributed by atoms with E-state index >= 15 is 0 Å². The second kappa shape index (κ2) is 5.41. The Morgan fingerprint density at radius 3 is 2.69 bits per heavy atom. The summed E-state index contributed by atoms with van der Waals surface area (Å²) in [6.45, 7) is 0.797. The van der Waals surface area contributed by atoms with Gasteiger partial charge in [-0.2, -0.15) is 0 Å². The van der Waals surface area contributed by atoms with Gasteiger partial charge < -0.3 is 5.32 Å². The van der Waals surface area contributed by atoms with Crippen LogP contribution in [0, 0.1) is 5.82 Å². The molecule has 0 aliphatic carbocycles. The molecule has 0 atom stereocenters. The normalized spacial score (nSPS) is 10.4. The molecule has 0 radical (unpaired) electrons. The van der Waals surface area contributed by atoms with E-state index in [2.05, 4.69) is 26.2 Å². The Bertz CT molecular complexity index is 455. The van der Waals surface area contributed by atoms with Crippen molar-refractivity contribution in [2.75, 3.05) is 11.9 Å². The number of rotatable bonds is 4. The zero-order valence-electron chi connectivity index (χ0n) is 8.41. The van der Waals surface area contributed by atoms with E-state index in [4.69, 9.17) is 0 Å². The lowest BCUT2D eigenvalue weighted by molar-refractivity contribution is 0.627. The summed E-state index contributed by atoms with van der Waals surface area (Å²) in [5.74, 6) is -0.194. The van der Waals surface area contributed by atoms with E-state index in [-0.39, 0.29) is 5.82 Å². The van der Waals surface area contributed by atoms with E-state index in [1.807, 2.05) is 5.38 Å². The largest absolute Gasteiger partial charge is 0.361 e. The van der Waals surface area contributed by atoms with Gasteiger partial charge in [0.05, 0.1) is 0 Å². The van der Waals surface area contributed by atoms with Crippen molar-refractivity contribution in [3.63, 3.8) is 0 Å². The average Bonchev–Trinajstić information content (AvgIpc) is 2.67. The Morgan fingerprint density at radius 1 is 1.31 bits per heavy atom. The second-order valence-electron chi connectivity index (χ2n) is 3.28. The van der Waals surface area contributed by atoms with E-state index in [1.54, 1.807) is 23.5 Å². The van der Waals surface area contributed by atoms with E-state index in [0.29, 0.717) is 0 Å². The highest BCUT2D eigenvalue weighted by molar-refractivity contribution is 9.10. The third-order valence-electron chi connectivity index (χ3n) is 2.08. The molecule has 0 unspecified atom stereocenters. The van der Waals surface area contributed by atoms with Crippen molar-refractivity contribution in [2.45, 2.75) is 6.42 Å². The lowest BCUT2D eigenvalue weighted by Crippen LogP contribution is -2.04. The zero-order valence-corrected chi connectivity index (χ0v) is 10.8. The number of halogens is 2. The van der Waals surface area contributed by atoms with Crippen LogP contribution < -0.4 is 5.32 Å². The van der Waals surface area contributed by atoms with Crippen LogP contribution in [0.4, 0.5) is 9.52 Å². The van der Waals surface area contributed by atoms with Gasteiger partial charge in [0.1, 0.15) is 10.4 Å². The SMILES string of the molecule is Fc1ccc(CCNc2nc(Br)cs2)cc1. The van der Waals surface area contributed by atoms with Crippen LogP contribution in [0.15, 0.2) is 34.2 Å². The molecule has 2 aromatic rings. The number of thiazole rings is 1. The minimum absolute atomic E-state index is 0.194. The van der Waals surface area contributed by atoms with Gasteiger partial charge in [-0.3, -0.25) is 0 Å². The number of hydrogen-bond donors (Lipinski definition) is 1. The molecule has 0 spiro atoms. The lowest BCUT2D eigenvalue weighted by Gasteiger charge is -2.02. The van der Waals surface area contributed by atoms with Crippen LogP contribution in [0.5, 0.6) is 0 Å². The van der Waals surface area contributed by atoms with Crippen molar-refractivity contribution >= 4 is 32.4 Å². The topological polar surface area (TPSA) is 24.9 Å². The monoisotopic (exact) mass is 300 g/mol. The smallest absolute Gasteiger partial charge is 0.183 e. The van der Waals surface area contributed by atoms with Crippen molar-refractivity contribution in [3.8, 4) is 0 Å². The van der Waals surface area contributed by atoms with Crippen LogP contribution in [0.1, 0.15) is 5.56 Å². The van der Waals surface area contributed by atoms with Gasteiger partial charge in [0.25, 0.3) is 0 Å². The summed E-state index contributed by atoms with van der Waals surface area (Å²) in [5.41, 5.74) is 1.12. The summed E-state index contributed by atoms with van der Waals surface area (Å²) in [6, 6.07) is 6.56. The van der Waals surface area contributed by atoms with Gasteiger partial charge in [0.15, 0.2) is 5.13 Å². The lowest BCUT2D eigenvalue weighted by atomic mass is 10.1. The quantitative estimate of drug-likeness (QED) is 0.931. The summed E-state index contributed by atoms with van der Waals surface area (Å²) in [7, 11) is 0. The molecule has 84 valence electrons. The Hall–Kier alpha value is -0.940. The van der Waals surface area contributed by atoms with Gasteiger partial charge in [-0.15, -0.1) is 11.3 Å². The highest BCUT2D eigenvalue weighted by Crippen LogP contribution is 2.19. The maximum absolute atomic E-state index is 12.6. The minimum atomic E-state index is -0.194. The van der Waals surface area contributed by atoms with Gasteiger partial charge in [0, 0.05) is 11.9 Å². The number of anilines is 1. The minimum Gasteiger partial charge on any atom is -0.361 e. The number of benzene rings is 1. The fourth-order valence-corrected chi connectivity index (χ4v) is 2.47. The predicted molar refractivity (Wildman–Crippen MR) is 68.4 cm³/mol. The first-order valence-corrected chi connectivity index (χ1v) is 6.50. The summed E-state index contributed by atoms with van der Waals surface area (Å²) < 4.78 is 13.5. The molecule has 0 aliphatic heterocycles. The first-order valence-electron chi connectivity index (χ1n) is 4.83. The molecule has 0 saturated heterocycles. The summed E-state index contributed by atoms with van der Waals surface area (Å²) in [4.78, 5) is 4.22. The maximum Gasteiger partial charge on any atom is 0.183 e. The van der Waals surface area contributed by atoms with Crippen molar-refractivity contribution in [1.29, 1.82) is 0 Å². The Morgan fingerprint density at radius 2 is 2.06 bits per heavy atom. The molecule has 16 heavy (non-hydrogen) atoms. The van der Waals surface area contributed by atoms with Gasteiger partial charge in [0.2, 0.25) is 0 Å². The van der Waals surface area contributed by atoms with Crippen LogP contribution in [0.3, 0.4) is 0 Å². The molecule has 0 bridgehead atoms. The highest BCUT2D eigenvalue weighted by atomic mass is 79.9. The maximum atomic E-state index is 12.6. The fraction of sp³-hybridized carbons (Fsp3) is 0.182. The van der Waals surface area contributed by atoms with Crippen molar-refractivity contribution in [3.05, 3.63) is 45.6 Å². The molecule has 1 aromatic carbocycles. The molecule has 0 amide bonds. The molecular weight excluding hydrogens is 291 g/mol. The van der Waals surface area contributed by atoms with Crippen LogP contribution in [-0.2, 0) is 6.42 Å². The molecule has 1 N–H and O–H groups in total. The fourth-order valence-electron chi connectivity index (χ4n) is 1.30. The van der Waals surface area contributed by atoms with Crippen LogP contribution >= 0.6 is 27.3 Å². The van der Waals surface area contributed by atoms with Gasteiger partial charge in [-0.1, -0.05) is 12.1 Å². The van der Waals surface area contributed by atoms with Gasteiger partial charge in [-0.05, 0) is 40.0 Å². The van der Waals surface area contributed by atoms with E-state index in [9.17, 15) is 4.39 Å². The molecule has 0 fully saturated rings. The molecule has 0 saturated carbocycles. The van der Waals surface area contributed by atoms with Crippen molar-refractivity contribution in [1.82, 2.24) is 4.98 Å². The van der Waals surface area contributed by atoms with E-state index < -0.39 is 0 Å². The Kier molecular flexibility index (Phi) is 3.90. The molecule has 2 nitrogen and oxygen atoms in total. The second-order valence-corrected chi connectivity index (χ2v) is 4.95. The summed E-state index contributed by atoms with van der Waals surface area (Å²) >= 11 is 4.85. The standard InChI is InChI=1S/C11H10BrFN2S/c12-10-7-16-11(15-10)14-6-5-8-1-3-9(13)4-2-8/h1-4,7H,5-6H2,(H,14,15). The summed E-state index contributed by atoms with van der Waals surface area (Å²) in [6.07, 6.45) is 0.859. The number of aromatic nitrogens is 1.